The average molecular weight is 338 g/mol. The first kappa shape index (κ1) is 19.9. The Balaban J connectivity index is 0.00000400. The van der Waals surface area contributed by atoms with Crippen molar-refractivity contribution in [2.45, 2.75) is 31.2 Å². The molecule has 0 unspecified atom stereocenters. The van der Waals surface area contributed by atoms with E-state index in [0.29, 0.717) is 0 Å². The SMILES string of the molecule is COc1cc([C@H](N)CCC(F)(F)F)cc(C(F)(F)F)c1.Cl. The van der Waals surface area contributed by atoms with Gasteiger partial charge in [-0.15, -0.1) is 12.4 Å². The van der Waals surface area contributed by atoms with Gasteiger partial charge in [-0.2, -0.15) is 26.3 Å². The Kier molecular flexibility index (Phi) is 6.82. The molecule has 0 bridgehead atoms. The van der Waals surface area contributed by atoms with Crippen LogP contribution in [0.5, 0.6) is 5.75 Å². The van der Waals surface area contributed by atoms with Gasteiger partial charge in [-0.05, 0) is 30.2 Å². The minimum Gasteiger partial charge on any atom is -0.497 e. The number of ether oxygens (including phenoxy) is 1. The van der Waals surface area contributed by atoms with Crippen LogP contribution in [-0.4, -0.2) is 13.3 Å². The van der Waals surface area contributed by atoms with Crippen LogP contribution in [0.1, 0.15) is 30.0 Å². The molecule has 1 rings (SSSR count). The Labute approximate surface area is 123 Å². The Morgan fingerprint density at radius 1 is 1.10 bits per heavy atom. The molecule has 2 nitrogen and oxygen atoms in total. The van der Waals surface area contributed by atoms with E-state index in [-0.39, 0.29) is 23.7 Å². The minimum atomic E-state index is -4.62. The second-order valence-electron chi connectivity index (χ2n) is 4.25. The van der Waals surface area contributed by atoms with Crippen LogP contribution in [0.25, 0.3) is 0 Å². The average Bonchev–Trinajstić information content (AvgIpc) is 2.33. The highest BCUT2D eigenvalue weighted by atomic mass is 35.5. The summed E-state index contributed by atoms with van der Waals surface area (Å²) < 4.78 is 78.9. The van der Waals surface area contributed by atoms with Gasteiger partial charge in [-0.1, -0.05) is 0 Å². The maximum absolute atomic E-state index is 12.6. The Bertz CT molecular complexity index is 460. The van der Waals surface area contributed by atoms with Crippen molar-refractivity contribution in [3.05, 3.63) is 29.3 Å². The summed E-state index contributed by atoms with van der Waals surface area (Å²) >= 11 is 0. The number of nitrogens with two attached hydrogens (primary N) is 1. The second-order valence-corrected chi connectivity index (χ2v) is 4.25. The summed E-state index contributed by atoms with van der Waals surface area (Å²) in [5.41, 5.74) is 4.47. The van der Waals surface area contributed by atoms with Crippen LogP contribution in [0.3, 0.4) is 0 Å². The van der Waals surface area contributed by atoms with Gasteiger partial charge in [-0.3, -0.25) is 0 Å². The van der Waals surface area contributed by atoms with Gasteiger partial charge in [0.2, 0.25) is 0 Å². The number of hydrogen-bond acceptors (Lipinski definition) is 2. The van der Waals surface area contributed by atoms with E-state index in [9.17, 15) is 26.3 Å². The number of hydrogen-bond donors (Lipinski definition) is 1. The Morgan fingerprint density at radius 2 is 1.67 bits per heavy atom. The molecule has 0 aliphatic rings. The number of halogens is 7. The number of benzene rings is 1. The zero-order chi connectivity index (χ0) is 15.6. The van der Waals surface area contributed by atoms with Crippen molar-refractivity contribution in [2.75, 3.05) is 7.11 Å². The van der Waals surface area contributed by atoms with Gasteiger partial charge in [0.1, 0.15) is 5.75 Å². The number of alkyl halides is 6. The summed E-state index contributed by atoms with van der Waals surface area (Å²) in [5.74, 6) is -0.0997. The molecule has 0 spiro atoms. The van der Waals surface area contributed by atoms with E-state index >= 15 is 0 Å². The van der Waals surface area contributed by atoms with E-state index in [1.165, 1.54) is 13.2 Å². The fourth-order valence-corrected chi connectivity index (χ4v) is 1.60. The Hall–Kier alpha value is -1.15. The smallest absolute Gasteiger partial charge is 0.416 e. The molecule has 0 saturated heterocycles. The molecule has 0 aliphatic heterocycles. The van der Waals surface area contributed by atoms with Crippen molar-refractivity contribution in [1.82, 2.24) is 0 Å². The number of rotatable bonds is 4. The Morgan fingerprint density at radius 3 is 2.10 bits per heavy atom. The van der Waals surface area contributed by atoms with Crippen molar-refractivity contribution < 1.29 is 31.1 Å². The van der Waals surface area contributed by atoms with Crippen LogP contribution in [0.15, 0.2) is 18.2 Å². The van der Waals surface area contributed by atoms with E-state index in [1.54, 1.807) is 0 Å². The van der Waals surface area contributed by atoms with E-state index in [0.717, 1.165) is 12.1 Å². The molecule has 0 fully saturated rings. The number of methoxy groups -OCH3 is 1. The molecule has 0 amide bonds. The first-order chi connectivity index (χ1) is 9.03. The normalized spacial score (nSPS) is 13.5. The lowest BCUT2D eigenvalue weighted by molar-refractivity contribution is -0.138. The molecule has 1 atom stereocenters. The molecule has 0 radical (unpaired) electrons. The molecule has 0 aromatic heterocycles. The summed E-state index contributed by atoms with van der Waals surface area (Å²) in [6, 6.07) is 1.56. The van der Waals surface area contributed by atoms with Gasteiger partial charge in [0.05, 0.1) is 12.7 Å². The fraction of sp³-hybridized carbons (Fsp3) is 0.500. The highest BCUT2D eigenvalue weighted by Crippen LogP contribution is 2.35. The summed E-state index contributed by atoms with van der Waals surface area (Å²) in [5, 5.41) is 0. The highest BCUT2D eigenvalue weighted by molar-refractivity contribution is 5.85. The molecule has 122 valence electrons. The topological polar surface area (TPSA) is 35.2 Å². The van der Waals surface area contributed by atoms with Crippen LogP contribution in [0.2, 0.25) is 0 Å². The molecule has 0 aliphatic carbocycles. The summed E-state index contributed by atoms with van der Waals surface area (Å²) in [6.07, 6.45) is -10.7. The first-order valence-electron chi connectivity index (χ1n) is 5.61. The zero-order valence-electron chi connectivity index (χ0n) is 10.9. The van der Waals surface area contributed by atoms with Gasteiger partial charge < -0.3 is 10.5 Å². The van der Waals surface area contributed by atoms with E-state index < -0.39 is 36.8 Å². The van der Waals surface area contributed by atoms with Gasteiger partial charge in [0.15, 0.2) is 0 Å². The molecular formula is C12H14ClF6NO. The van der Waals surface area contributed by atoms with Crippen LogP contribution >= 0.6 is 12.4 Å². The molecule has 0 saturated carbocycles. The maximum atomic E-state index is 12.6. The van der Waals surface area contributed by atoms with Crippen molar-refractivity contribution >= 4 is 12.4 Å². The molecular weight excluding hydrogens is 324 g/mol. The largest absolute Gasteiger partial charge is 0.497 e. The third kappa shape index (κ3) is 6.43. The van der Waals surface area contributed by atoms with Gasteiger partial charge in [0.25, 0.3) is 0 Å². The third-order valence-electron chi connectivity index (χ3n) is 2.66. The first-order valence-corrected chi connectivity index (χ1v) is 5.61. The van der Waals surface area contributed by atoms with Crippen LogP contribution in [0.4, 0.5) is 26.3 Å². The van der Waals surface area contributed by atoms with Gasteiger partial charge in [-0.25, -0.2) is 0 Å². The quantitative estimate of drug-likeness (QED) is 0.822. The molecule has 0 heterocycles. The lowest BCUT2D eigenvalue weighted by atomic mass is 10.00. The third-order valence-corrected chi connectivity index (χ3v) is 2.66. The van der Waals surface area contributed by atoms with E-state index in [2.05, 4.69) is 0 Å². The van der Waals surface area contributed by atoms with Crippen molar-refractivity contribution in [3.63, 3.8) is 0 Å². The molecule has 9 heteroatoms. The van der Waals surface area contributed by atoms with Crippen LogP contribution in [0, 0.1) is 0 Å². The fourth-order valence-electron chi connectivity index (χ4n) is 1.60. The van der Waals surface area contributed by atoms with Gasteiger partial charge in [0, 0.05) is 12.5 Å². The second kappa shape index (κ2) is 7.22. The van der Waals surface area contributed by atoms with Crippen LogP contribution in [-0.2, 0) is 6.18 Å². The molecule has 21 heavy (non-hydrogen) atoms. The predicted octanol–water partition coefficient (Wildman–Crippen LogP) is 4.48. The lowest BCUT2D eigenvalue weighted by Crippen LogP contribution is -2.17. The summed E-state index contributed by atoms with van der Waals surface area (Å²) in [4.78, 5) is 0. The molecule has 1 aromatic carbocycles. The van der Waals surface area contributed by atoms with E-state index in [1.807, 2.05) is 0 Å². The minimum absolute atomic E-state index is 0. The molecule has 2 N–H and O–H groups in total. The highest BCUT2D eigenvalue weighted by Gasteiger charge is 2.32. The van der Waals surface area contributed by atoms with Crippen molar-refractivity contribution in [1.29, 1.82) is 0 Å². The standard InChI is InChI=1S/C12H13F6NO.ClH/c1-20-9-5-7(4-8(6-9)12(16,17)18)10(19)2-3-11(13,14)15;/h4-6,10H,2-3,19H2,1H3;1H/t10-;/m1./s1. The summed E-state index contributed by atoms with van der Waals surface area (Å²) in [6.45, 7) is 0. The van der Waals surface area contributed by atoms with Gasteiger partial charge >= 0.3 is 12.4 Å². The molecule has 1 aromatic rings. The van der Waals surface area contributed by atoms with Crippen LogP contribution < -0.4 is 10.5 Å². The zero-order valence-corrected chi connectivity index (χ0v) is 11.7. The van der Waals surface area contributed by atoms with Crippen molar-refractivity contribution in [3.8, 4) is 5.75 Å². The summed E-state index contributed by atoms with van der Waals surface area (Å²) in [7, 11) is 1.17. The van der Waals surface area contributed by atoms with E-state index in [4.69, 9.17) is 10.5 Å². The monoisotopic (exact) mass is 337 g/mol. The lowest BCUT2D eigenvalue weighted by Gasteiger charge is -2.17. The maximum Gasteiger partial charge on any atom is 0.416 e. The van der Waals surface area contributed by atoms with Crippen molar-refractivity contribution in [2.24, 2.45) is 5.73 Å². The predicted molar refractivity (Wildman–Crippen MR) is 67.5 cm³/mol.